The predicted octanol–water partition coefficient (Wildman–Crippen LogP) is 2.07. The molecule has 1 amide bonds. The third-order valence-electron chi connectivity index (χ3n) is 3.13. The Balaban J connectivity index is 4.03. The van der Waals surface area contributed by atoms with Crippen molar-refractivity contribution in [2.24, 2.45) is 11.7 Å². The number of primary amides is 1. The highest BCUT2D eigenvalue weighted by Crippen LogP contribution is 2.15. The fraction of sp³-hybridized carbons (Fsp3) is 0.929. The lowest BCUT2D eigenvalue weighted by molar-refractivity contribution is -0.125. The number of hydrogen-bond donors (Lipinski definition) is 2. The molecule has 4 nitrogen and oxygen atoms in total. The largest absolute Gasteiger partial charge is 0.378 e. The Hall–Kier alpha value is -0.610. The molecule has 0 fully saturated rings. The zero-order valence-corrected chi connectivity index (χ0v) is 12.6. The Labute approximate surface area is 112 Å². The Morgan fingerprint density at radius 2 is 2.00 bits per heavy atom. The number of ether oxygens (including phenoxy) is 1. The van der Waals surface area contributed by atoms with Crippen molar-refractivity contribution in [3.8, 4) is 0 Å². The number of rotatable bonds is 10. The first-order chi connectivity index (χ1) is 8.31. The summed E-state index contributed by atoms with van der Waals surface area (Å²) in [5.74, 6) is 0.392. The molecular weight excluding hydrogens is 228 g/mol. The van der Waals surface area contributed by atoms with Gasteiger partial charge in [-0.3, -0.25) is 4.79 Å². The molecule has 3 N–H and O–H groups in total. The van der Waals surface area contributed by atoms with Crippen LogP contribution in [0.2, 0.25) is 0 Å². The second kappa shape index (κ2) is 8.48. The Morgan fingerprint density at radius 3 is 2.44 bits per heavy atom. The Kier molecular flexibility index (Phi) is 8.20. The van der Waals surface area contributed by atoms with Crippen LogP contribution < -0.4 is 11.1 Å². The molecule has 0 saturated heterocycles. The summed E-state index contributed by atoms with van der Waals surface area (Å²) < 4.78 is 5.74. The first-order valence-electron chi connectivity index (χ1n) is 6.98. The number of amides is 1. The van der Waals surface area contributed by atoms with E-state index in [0.29, 0.717) is 12.3 Å². The molecule has 2 atom stereocenters. The van der Waals surface area contributed by atoms with Gasteiger partial charge < -0.3 is 15.8 Å². The lowest BCUT2D eigenvalue weighted by Gasteiger charge is -2.30. The average Bonchev–Trinajstić information content (AvgIpc) is 2.24. The third kappa shape index (κ3) is 6.97. The van der Waals surface area contributed by atoms with Crippen molar-refractivity contribution in [1.29, 1.82) is 0 Å². The summed E-state index contributed by atoms with van der Waals surface area (Å²) in [6, 6.07) is 0. The summed E-state index contributed by atoms with van der Waals surface area (Å²) >= 11 is 0. The molecule has 0 aliphatic heterocycles. The van der Waals surface area contributed by atoms with Gasteiger partial charge in [-0.2, -0.15) is 0 Å². The van der Waals surface area contributed by atoms with Gasteiger partial charge in [0.1, 0.15) is 0 Å². The maximum absolute atomic E-state index is 11.5. The highest BCUT2D eigenvalue weighted by Gasteiger charge is 2.31. The lowest BCUT2D eigenvalue weighted by Crippen LogP contribution is -2.54. The fourth-order valence-corrected chi connectivity index (χ4v) is 2.06. The number of likely N-dealkylation sites (N-methyl/N-ethyl adjacent to an activating group) is 1. The van der Waals surface area contributed by atoms with Crippen LogP contribution in [-0.4, -0.2) is 30.7 Å². The Morgan fingerprint density at radius 1 is 1.39 bits per heavy atom. The van der Waals surface area contributed by atoms with E-state index in [4.69, 9.17) is 10.5 Å². The topological polar surface area (TPSA) is 64.3 Å². The molecular formula is C14H30N2O2. The minimum atomic E-state index is -0.674. The maximum Gasteiger partial charge on any atom is 0.237 e. The molecule has 4 heteroatoms. The van der Waals surface area contributed by atoms with Crippen molar-refractivity contribution in [3.63, 3.8) is 0 Å². The van der Waals surface area contributed by atoms with Gasteiger partial charge >= 0.3 is 0 Å². The maximum atomic E-state index is 11.5. The second-order valence-corrected chi connectivity index (χ2v) is 5.65. The van der Waals surface area contributed by atoms with Crippen molar-refractivity contribution in [2.45, 2.75) is 65.5 Å². The number of hydrogen-bond acceptors (Lipinski definition) is 3. The average molecular weight is 258 g/mol. The fourth-order valence-electron chi connectivity index (χ4n) is 2.06. The molecule has 0 saturated carbocycles. The van der Waals surface area contributed by atoms with Gasteiger partial charge in [0.05, 0.1) is 11.6 Å². The van der Waals surface area contributed by atoms with E-state index in [1.54, 1.807) is 0 Å². The number of nitrogens with two attached hydrogens (primary N) is 1. The van der Waals surface area contributed by atoms with E-state index in [2.05, 4.69) is 19.2 Å². The first kappa shape index (κ1) is 17.4. The molecule has 0 rings (SSSR count). The van der Waals surface area contributed by atoms with Crippen molar-refractivity contribution >= 4 is 5.91 Å². The van der Waals surface area contributed by atoms with Crippen molar-refractivity contribution in [1.82, 2.24) is 5.32 Å². The van der Waals surface area contributed by atoms with Gasteiger partial charge in [-0.25, -0.2) is 0 Å². The molecule has 0 aromatic heterocycles. The van der Waals surface area contributed by atoms with Crippen LogP contribution in [0, 0.1) is 5.92 Å². The number of carbonyl (C=O) groups is 1. The molecule has 0 aliphatic rings. The number of nitrogens with one attached hydrogen (secondary N) is 1. The second-order valence-electron chi connectivity index (χ2n) is 5.65. The van der Waals surface area contributed by atoms with Gasteiger partial charge in [0.25, 0.3) is 0 Å². The van der Waals surface area contributed by atoms with Crippen LogP contribution >= 0.6 is 0 Å². The molecule has 0 heterocycles. The number of carbonyl (C=O) groups excluding carboxylic acids is 1. The van der Waals surface area contributed by atoms with Crippen LogP contribution in [-0.2, 0) is 9.53 Å². The van der Waals surface area contributed by atoms with Gasteiger partial charge in [0.15, 0.2) is 0 Å². The van der Waals surface area contributed by atoms with Gasteiger partial charge in [-0.05, 0) is 39.2 Å². The third-order valence-corrected chi connectivity index (χ3v) is 3.13. The molecule has 0 aliphatic carbocycles. The van der Waals surface area contributed by atoms with Crippen LogP contribution in [0.4, 0.5) is 0 Å². The molecule has 2 unspecified atom stereocenters. The summed E-state index contributed by atoms with van der Waals surface area (Å²) in [6.07, 6.45) is 2.88. The van der Waals surface area contributed by atoms with Gasteiger partial charge in [0.2, 0.25) is 5.91 Å². The van der Waals surface area contributed by atoms with Crippen LogP contribution in [0.15, 0.2) is 0 Å². The predicted molar refractivity (Wildman–Crippen MR) is 75.4 cm³/mol. The van der Waals surface area contributed by atoms with E-state index in [1.807, 2.05) is 20.8 Å². The van der Waals surface area contributed by atoms with E-state index < -0.39 is 5.54 Å². The summed E-state index contributed by atoms with van der Waals surface area (Å²) in [5.41, 5.74) is 4.77. The minimum absolute atomic E-state index is 0.0358. The Bertz CT molecular complexity index is 244. The van der Waals surface area contributed by atoms with Gasteiger partial charge in [-0.15, -0.1) is 0 Å². The smallest absolute Gasteiger partial charge is 0.237 e. The molecule has 108 valence electrons. The van der Waals surface area contributed by atoms with Crippen molar-refractivity contribution in [3.05, 3.63) is 0 Å². The van der Waals surface area contributed by atoms with E-state index >= 15 is 0 Å². The van der Waals surface area contributed by atoms with Crippen molar-refractivity contribution < 1.29 is 9.53 Å². The van der Waals surface area contributed by atoms with Crippen LogP contribution in [0.5, 0.6) is 0 Å². The van der Waals surface area contributed by atoms with Crippen LogP contribution in [0.25, 0.3) is 0 Å². The first-order valence-corrected chi connectivity index (χ1v) is 6.98. The SMILES string of the molecule is CCNC(C)(CC(C)OCCCC(C)C)C(N)=O. The van der Waals surface area contributed by atoms with Crippen molar-refractivity contribution in [2.75, 3.05) is 13.2 Å². The quantitative estimate of drug-likeness (QED) is 0.590. The zero-order valence-electron chi connectivity index (χ0n) is 12.6. The summed E-state index contributed by atoms with van der Waals surface area (Å²) in [7, 11) is 0. The standard InChI is InChI=1S/C14H30N2O2/c1-6-16-14(5,13(15)17)10-12(4)18-9-7-8-11(2)3/h11-12,16H,6-10H2,1-5H3,(H2,15,17). The normalized spacial score (nSPS) is 16.6. The van der Waals surface area contributed by atoms with E-state index in [-0.39, 0.29) is 12.0 Å². The molecule has 0 radical (unpaired) electrons. The van der Waals surface area contributed by atoms with Gasteiger partial charge in [0, 0.05) is 13.0 Å². The molecule has 0 bridgehead atoms. The van der Waals surface area contributed by atoms with E-state index in [0.717, 1.165) is 19.6 Å². The molecule has 18 heavy (non-hydrogen) atoms. The molecule has 0 spiro atoms. The highest BCUT2D eigenvalue weighted by molar-refractivity contribution is 5.84. The van der Waals surface area contributed by atoms with E-state index in [9.17, 15) is 4.79 Å². The van der Waals surface area contributed by atoms with Crippen LogP contribution in [0.1, 0.15) is 53.9 Å². The summed E-state index contributed by atoms with van der Waals surface area (Å²) in [6.45, 7) is 11.7. The minimum Gasteiger partial charge on any atom is -0.378 e. The summed E-state index contributed by atoms with van der Waals surface area (Å²) in [4.78, 5) is 11.5. The highest BCUT2D eigenvalue weighted by atomic mass is 16.5. The monoisotopic (exact) mass is 258 g/mol. The molecule has 0 aromatic carbocycles. The van der Waals surface area contributed by atoms with Crippen LogP contribution in [0.3, 0.4) is 0 Å². The summed E-state index contributed by atoms with van der Waals surface area (Å²) in [5, 5.41) is 3.14. The lowest BCUT2D eigenvalue weighted by atomic mass is 9.94. The zero-order chi connectivity index (χ0) is 14.2. The van der Waals surface area contributed by atoms with Gasteiger partial charge in [-0.1, -0.05) is 20.8 Å². The van der Waals surface area contributed by atoms with E-state index in [1.165, 1.54) is 6.42 Å². The molecule has 0 aromatic rings.